The van der Waals surface area contributed by atoms with E-state index in [1.54, 1.807) is 12.1 Å². The van der Waals surface area contributed by atoms with Crippen molar-refractivity contribution >= 4 is 54.5 Å². The minimum atomic E-state index is -3.26. The average Bonchev–Trinajstić information content (AvgIpc) is 2.85. The molecule has 0 saturated carbocycles. The number of rotatable bonds is 3. The molecular formula is C16H12ClNO3S2. The van der Waals surface area contributed by atoms with Crippen LogP contribution in [0.4, 0.5) is 5.69 Å². The summed E-state index contributed by atoms with van der Waals surface area (Å²) in [6, 6.07) is 13.5. The van der Waals surface area contributed by atoms with Gasteiger partial charge < -0.3 is 5.32 Å². The van der Waals surface area contributed by atoms with Gasteiger partial charge in [0, 0.05) is 22.0 Å². The maximum absolute atomic E-state index is 12.4. The number of thiophene rings is 1. The Morgan fingerprint density at radius 2 is 1.74 bits per heavy atom. The van der Waals surface area contributed by atoms with Gasteiger partial charge in [-0.2, -0.15) is 0 Å². The third-order valence-corrected chi connectivity index (χ3v) is 6.08. The van der Waals surface area contributed by atoms with Crippen molar-refractivity contribution in [2.75, 3.05) is 11.6 Å². The number of halogens is 1. The molecule has 23 heavy (non-hydrogen) atoms. The van der Waals surface area contributed by atoms with Gasteiger partial charge >= 0.3 is 0 Å². The zero-order chi connectivity index (χ0) is 16.6. The van der Waals surface area contributed by atoms with E-state index < -0.39 is 9.84 Å². The lowest BCUT2D eigenvalue weighted by Crippen LogP contribution is -2.10. The van der Waals surface area contributed by atoms with Gasteiger partial charge in [0.15, 0.2) is 9.84 Å². The molecule has 0 spiro atoms. The molecule has 0 aliphatic heterocycles. The van der Waals surface area contributed by atoms with Crippen LogP contribution in [0.3, 0.4) is 0 Å². The number of carbonyl (C=O) groups excluding carboxylic acids is 1. The molecule has 0 saturated heterocycles. The Labute approximate surface area is 142 Å². The first-order valence-electron chi connectivity index (χ1n) is 6.65. The summed E-state index contributed by atoms with van der Waals surface area (Å²) in [4.78, 5) is 13.0. The van der Waals surface area contributed by atoms with Gasteiger partial charge in [-0.15, -0.1) is 11.3 Å². The lowest BCUT2D eigenvalue weighted by Gasteiger charge is -2.05. The molecule has 4 nitrogen and oxygen atoms in total. The van der Waals surface area contributed by atoms with Crippen molar-refractivity contribution in [3.05, 3.63) is 58.4 Å². The van der Waals surface area contributed by atoms with E-state index >= 15 is 0 Å². The second-order valence-electron chi connectivity index (χ2n) is 4.99. The highest BCUT2D eigenvalue weighted by Gasteiger charge is 2.17. The maximum Gasteiger partial charge on any atom is 0.267 e. The van der Waals surface area contributed by atoms with Crippen molar-refractivity contribution < 1.29 is 13.2 Å². The fourth-order valence-corrected chi connectivity index (χ4v) is 4.18. The molecule has 0 unspecified atom stereocenters. The molecular weight excluding hydrogens is 354 g/mol. The average molecular weight is 366 g/mol. The zero-order valence-electron chi connectivity index (χ0n) is 12.0. The van der Waals surface area contributed by atoms with Crippen LogP contribution in [0.2, 0.25) is 5.02 Å². The fourth-order valence-electron chi connectivity index (χ4n) is 2.13. The van der Waals surface area contributed by atoms with E-state index in [1.807, 2.05) is 24.3 Å². The van der Waals surface area contributed by atoms with Crippen molar-refractivity contribution in [2.45, 2.75) is 4.90 Å². The Morgan fingerprint density at radius 1 is 1.09 bits per heavy atom. The van der Waals surface area contributed by atoms with E-state index in [0.29, 0.717) is 15.6 Å². The SMILES string of the molecule is CS(=O)(=O)c1ccc(NC(=O)c2sc3ccccc3c2Cl)cc1. The van der Waals surface area contributed by atoms with Gasteiger partial charge in [-0.1, -0.05) is 29.8 Å². The fraction of sp³-hybridized carbons (Fsp3) is 0.0625. The van der Waals surface area contributed by atoms with E-state index in [1.165, 1.54) is 23.5 Å². The van der Waals surface area contributed by atoms with Crippen molar-refractivity contribution in [1.29, 1.82) is 0 Å². The number of anilines is 1. The van der Waals surface area contributed by atoms with Gasteiger partial charge in [-0.25, -0.2) is 8.42 Å². The van der Waals surface area contributed by atoms with Crippen LogP contribution in [0, 0.1) is 0 Å². The number of hydrogen-bond donors (Lipinski definition) is 1. The Morgan fingerprint density at radius 3 is 2.35 bits per heavy atom. The second kappa shape index (κ2) is 5.96. The predicted octanol–water partition coefficient (Wildman–Crippen LogP) is 4.21. The molecule has 0 bridgehead atoms. The highest BCUT2D eigenvalue weighted by molar-refractivity contribution is 7.90. The van der Waals surface area contributed by atoms with Gasteiger partial charge in [0.05, 0.1) is 9.92 Å². The zero-order valence-corrected chi connectivity index (χ0v) is 14.4. The Kier molecular flexibility index (Phi) is 4.14. The third kappa shape index (κ3) is 3.24. The highest BCUT2D eigenvalue weighted by atomic mass is 35.5. The lowest BCUT2D eigenvalue weighted by molar-refractivity contribution is 0.103. The maximum atomic E-state index is 12.4. The Bertz CT molecular complexity index is 992. The van der Waals surface area contributed by atoms with Crippen LogP contribution in [-0.2, 0) is 9.84 Å². The van der Waals surface area contributed by atoms with E-state index in [0.717, 1.165) is 16.3 Å². The molecule has 1 heterocycles. The summed E-state index contributed by atoms with van der Waals surface area (Å²) < 4.78 is 23.8. The van der Waals surface area contributed by atoms with Gasteiger partial charge in [0.2, 0.25) is 0 Å². The predicted molar refractivity (Wildman–Crippen MR) is 94.3 cm³/mol. The number of benzene rings is 2. The van der Waals surface area contributed by atoms with Gasteiger partial charge in [0.25, 0.3) is 5.91 Å². The standard InChI is InChI=1S/C16H12ClNO3S2/c1-23(20,21)11-8-6-10(7-9-11)18-16(19)15-14(17)12-4-2-3-5-13(12)22-15/h2-9H,1H3,(H,18,19). The van der Waals surface area contributed by atoms with Crippen LogP contribution in [-0.4, -0.2) is 20.6 Å². The largest absolute Gasteiger partial charge is 0.321 e. The molecule has 1 aromatic heterocycles. The van der Waals surface area contributed by atoms with Gasteiger partial charge in [0.1, 0.15) is 4.88 Å². The lowest BCUT2D eigenvalue weighted by atomic mass is 10.2. The van der Waals surface area contributed by atoms with Gasteiger partial charge in [-0.3, -0.25) is 4.79 Å². The molecule has 3 rings (SSSR count). The molecule has 1 N–H and O–H groups in total. The molecule has 118 valence electrons. The first kappa shape index (κ1) is 16.0. The Hall–Kier alpha value is -1.89. The second-order valence-corrected chi connectivity index (χ2v) is 8.44. The first-order valence-corrected chi connectivity index (χ1v) is 9.73. The number of carbonyl (C=O) groups is 1. The summed E-state index contributed by atoms with van der Waals surface area (Å²) in [5.74, 6) is -0.316. The van der Waals surface area contributed by atoms with E-state index in [2.05, 4.69) is 5.32 Å². The number of sulfone groups is 1. The summed E-state index contributed by atoms with van der Waals surface area (Å²) in [6.45, 7) is 0. The minimum absolute atomic E-state index is 0.204. The molecule has 0 radical (unpaired) electrons. The number of nitrogens with one attached hydrogen (secondary N) is 1. The van der Waals surface area contributed by atoms with Crippen LogP contribution in [0.5, 0.6) is 0 Å². The van der Waals surface area contributed by atoms with Crippen LogP contribution in [0.25, 0.3) is 10.1 Å². The van der Waals surface area contributed by atoms with E-state index in [4.69, 9.17) is 11.6 Å². The van der Waals surface area contributed by atoms with Crippen LogP contribution in [0.1, 0.15) is 9.67 Å². The van der Waals surface area contributed by atoms with Crippen LogP contribution >= 0.6 is 22.9 Å². The van der Waals surface area contributed by atoms with Crippen molar-refractivity contribution in [3.8, 4) is 0 Å². The molecule has 0 fully saturated rings. The van der Waals surface area contributed by atoms with Crippen LogP contribution < -0.4 is 5.32 Å². The normalized spacial score (nSPS) is 11.6. The number of amides is 1. The van der Waals surface area contributed by atoms with Crippen molar-refractivity contribution in [2.24, 2.45) is 0 Å². The van der Waals surface area contributed by atoms with Gasteiger partial charge in [-0.05, 0) is 30.3 Å². The Balaban J connectivity index is 1.87. The summed E-state index contributed by atoms with van der Waals surface area (Å²) in [7, 11) is -3.26. The minimum Gasteiger partial charge on any atom is -0.321 e. The molecule has 0 atom stereocenters. The summed E-state index contributed by atoms with van der Waals surface area (Å²) >= 11 is 7.59. The topological polar surface area (TPSA) is 63.2 Å². The smallest absolute Gasteiger partial charge is 0.267 e. The quantitative estimate of drug-likeness (QED) is 0.756. The van der Waals surface area contributed by atoms with Crippen LogP contribution in [0.15, 0.2) is 53.4 Å². The molecule has 3 aromatic rings. The number of fused-ring (bicyclic) bond motifs is 1. The summed E-state index contributed by atoms with van der Waals surface area (Å²) in [6.07, 6.45) is 1.14. The summed E-state index contributed by atoms with van der Waals surface area (Å²) in [5.41, 5.74) is 0.510. The third-order valence-electron chi connectivity index (χ3n) is 3.28. The molecule has 0 aliphatic rings. The highest BCUT2D eigenvalue weighted by Crippen LogP contribution is 2.35. The molecule has 0 aliphatic carbocycles. The molecule has 2 aromatic carbocycles. The molecule has 1 amide bonds. The first-order chi connectivity index (χ1) is 10.9. The monoisotopic (exact) mass is 365 g/mol. The number of hydrogen-bond acceptors (Lipinski definition) is 4. The van der Waals surface area contributed by atoms with E-state index in [9.17, 15) is 13.2 Å². The van der Waals surface area contributed by atoms with E-state index in [-0.39, 0.29) is 10.8 Å². The van der Waals surface area contributed by atoms with Crippen molar-refractivity contribution in [1.82, 2.24) is 0 Å². The van der Waals surface area contributed by atoms with Crippen molar-refractivity contribution in [3.63, 3.8) is 0 Å². The summed E-state index contributed by atoms with van der Waals surface area (Å²) in [5, 5.41) is 4.00. The molecule has 7 heteroatoms.